The average Bonchev–Trinajstić information content (AvgIpc) is 2.45. The monoisotopic (exact) mass is 356 g/mol. The first-order chi connectivity index (χ1) is 9.96. The van der Waals surface area contributed by atoms with Crippen molar-refractivity contribution in [3.63, 3.8) is 0 Å². The van der Waals surface area contributed by atoms with E-state index in [2.05, 4.69) is 28.2 Å². The summed E-state index contributed by atoms with van der Waals surface area (Å²) in [6.07, 6.45) is 4.08. The van der Waals surface area contributed by atoms with Gasteiger partial charge in [-0.05, 0) is 30.9 Å². The molecule has 1 fully saturated rings. The Morgan fingerprint density at radius 3 is 2.95 bits per heavy atom. The summed E-state index contributed by atoms with van der Waals surface area (Å²) in [5, 5.41) is 24.2. The van der Waals surface area contributed by atoms with Gasteiger partial charge in [-0.1, -0.05) is 35.7 Å². The number of nitrogens with one attached hydrogen (secondary N) is 1. The van der Waals surface area contributed by atoms with Gasteiger partial charge in [0.15, 0.2) is 0 Å². The normalized spacial score (nSPS) is 25.8. The van der Waals surface area contributed by atoms with Crippen molar-refractivity contribution in [3.05, 3.63) is 38.3 Å². The van der Waals surface area contributed by atoms with E-state index in [0.29, 0.717) is 18.0 Å². The van der Waals surface area contributed by atoms with Gasteiger partial charge in [-0.25, -0.2) is 0 Å². The number of nitro groups is 1. The predicted molar refractivity (Wildman–Crippen MR) is 85.1 cm³/mol. The molecular formula is C15H21BrN2O3. The van der Waals surface area contributed by atoms with Crippen LogP contribution in [0.5, 0.6) is 0 Å². The minimum absolute atomic E-state index is 0.0686. The number of hydrogen-bond donors (Lipinski definition) is 2. The van der Waals surface area contributed by atoms with E-state index in [1.807, 2.05) is 0 Å². The zero-order valence-corrected chi connectivity index (χ0v) is 13.7. The topological polar surface area (TPSA) is 75.4 Å². The molecule has 1 aliphatic carbocycles. The molecule has 1 aromatic rings. The highest BCUT2D eigenvalue weighted by Crippen LogP contribution is 2.33. The van der Waals surface area contributed by atoms with Gasteiger partial charge in [0.05, 0.1) is 11.5 Å². The van der Waals surface area contributed by atoms with Crippen LogP contribution in [0.15, 0.2) is 22.7 Å². The van der Waals surface area contributed by atoms with Crippen molar-refractivity contribution in [2.45, 2.75) is 44.7 Å². The maximum Gasteiger partial charge on any atom is 0.273 e. The van der Waals surface area contributed by atoms with E-state index in [-0.39, 0.29) is 22.8 Å². The van der Waals surface area contributed by atoms with Crippen molar-refractivity contribution in [2.24, 2.45) is 5.92 Å². The van der Waals surface area contributed by atoms with Crippen LogP contribution in [0.2, 0.25) is 0 Å². The van der Waals surface area contributed by atoms with Crippen molar-refractivity contribution in [1.82, 2.24) is 5.32 Å². The lowest BCUT2D eigenvalue weighted by atomic mass is 9.76. The van der Waals surface area contributed by atoms with Crippen molar-refractivity contribution >= 4 is 21.6 Å². The van der Waals surface area contributed by atoms with E-state index >= 15 is 0 Å². The van der Waals surface area contributed by atoms with Crippen molar-refractivity contribution < 1.29 is 10.0 Å². The first-order valence-electron chi connectivity index (χ1n) is 7.24. The van der Waals surface area contributed by atoms with Crippen LogP contribution in [-0.2, 0) is 6.54 Å². The Bertz CT molecular complexity index is 524. The van der Waals surface area contributed by atoms with Crippen LogP contribution in [0.3, 0.4) is 0 Å². The van der Waals surface area contributed by atoms with Gasteiger partial charge in [0.25, 0.3) is 5.69 Å². The zero-order chi connectivity index (χ0) is 15.5. The second-order valence-electron chi connectivity index (χ2n) is 6.02. The minimum Gasteiger partial charge on any atom is -0.394 e. The predicted octanol–water partition coefficient (Wildman–Crippen LogP) is 3.39. The molecule has 5 nitrogen and oxygen atoms in total. The SMILES string of the molecule is CC1CCCC(CO)(NCc2cc(Br)ccc2[N+](=O)[O-])C1. The molecule has 0 amide bonds. The Morgan fingerprint density at radius 1 is 1.57 bits per heavy atom. The zero-order valence-electron chi connectivity index (χ0n) is 12.1. The summed E-state index contributed by atoms with van der Waals surface area (Å²) in [4.78, 5) is 10.7. The Kier molecular flexibility index (Phi) is 5.35. The molecule has 0 aromatic heterocycles. The molecule has 116 valence electrons. The Labute approximate surface area is 133 Å². The lowest BCUT2D eigenvalue weighted by Gasteiger charge is -2.39. The van der Waals surface area contributed by atoms with E-state index in [1.165, 1.54) is 12.5 Å². The van der Waals surface area contributed by atoms with E-state index < -0.39 is 0 Å². The number of benzene rings is 1. The van der Waals surface area contributed by atoms with E-state index in [1.54, 1.807) is 12.1 Å². The highest BCUT2D eigenvalue weighted by Gasteiger charge is 2.34. The molecule has 2 rings (SSSR count). The smallest absolute Gasteiger partial charge is 0.273 e. The molecule has 1 aromatic carbocycles. The van der Waals surface area contributed by atoms with Crippen LogP contribution in [-0.4, -0.2) is 22.2 Å². The fourth-order valence-electron chi connectivity index (χ4n) is 3.18. The van der Waals surface area contributed by atoms with Gasteiger partial charge < -0.3 is 10.4 Å². The number of nitro benzene ring substituents is 1. The van der Waals surface area contributed by atoms with Gasteiger partial charge >= 0.3 is 0 Å². The van der Waals surface area contributed by atoms with Gasteiger partial charge in [0.2, 0.25) is 0 Å². The highest BCUT2D eigenvalue weighted by molar-refractivity contribution is 9.10. The van der Waals surface area contributed by atoms with Crippen LogP contribution in [0.4, 0.5) is 5.69 Å². The largest absolute Gasteiger partial charge is 0.394 e. The third-order valence-corrected chi connectivity index (χ3v) is 4.78. The van der Waals surface area contributed by atoms with Crippen LogP contribution >= 0.6 is 15.9 Å². The van der Waals surface area contributed by atoms with Crippen LogP contribution in [0, 0.1) is 16.0 Å². The van der Waals surface area contributed by atoms with Gasteiger partial charge in [-0.3, -0.25) is 10.1 Å². The fourth-order valence-corrected chi connectivity index (χ4v) is 3.59. The second kappa shape index (κ2) is 6.85. The lowest BCUT2D eigenvalue weighted by Crippen LogP contribution is -2.51. The molecule has 1 aliphatic rings. The third kappa shape index (κ3) is 4.02. The number of halogens is 1. The molecule has 1 saturated carbocycles. The summed E-state index contributed by atoms with van der Waals surface area (Å²) in [5.41, 5.74) is 0.441. The molecular weight excluding hydrogens is 336 g/mol. The highest BCUT2D eigenvalue weighted by atomic mass is 79.9. The Balaban J connectivity index is 2.14. The number of rotatable bonds is 5. The number of aliphatic hydroxyl groups excluding tert-OH is 1. The molecule has 0 spiro atoms. The molecule has 0 saturated heterocycles. The summed E-state index contributed by atoms with van der Waals surface area (Å²) >= 11 is 3.35. The summed E-state index contributed by atoms with van der Waals surface area (Å²) in [6.45, 7) is 2.65. The standard InChI is InChI=1S/C15H21BrN2O3/c1-11-3-2-6-15(8-11,10-19)17-9-12-7-13(16)4-5-14(12)18(20)21/h4-5,7,11,17,19H,2-3,6,8-10H2,1H3. The van der Waals surface area contributed by atoms with Crippen LogP contribution < -0.4 is 5.32 Å². The molecule has 0 radical (unpaired) electrons. The van der Waals surface area contributed by atoms with E-state index in [9.17, 15) is 15.2 Å². The van der Waals surface area contributed by atoms with Crippen LogP contribution in [0.25, 0.3) is 0 Å². The third-order valence-electron chi connectivity index (χ3n) is 4.29. The second-order valence-corrected chi connectivity index (χ2v) is 6.94. The Morgan fingerprint density at radius 2 is 2.33 bits per heavy atom. The van der Waals surface area contributed by atoms with Gasteiger partial charge in [-0.2, -0.15) is 0 Å². The first-order valence-corrected chi connectivity index (χ1v) is 8.04. The Hall–Kier alpha value is -0.980. The lowest BCUT2D eigenvalue weighted by molar-refractivity contribution is -0.385. The molecule has 0 aliphatic heterocycles. The average molecular weight is 357 g/mol. The quantitative estimate of drug-likeness (QED) is 0.626. The summed E-state index contributed by atoms with van der Waals surface area (Å²) in [7, 11) is 0. The van der Waals surface area contributed by atoms with Crippen molar-refractivity contribution in [3.8, 4) is 0 Å². The molecule has 2 N–H and O–H groups in total. The summed E-state index contributed by atoms with van der Waals surface area (Å²) < 4.78 is 0.819. The van der Waals surface area contributed by atoms with Gasteiger partial charge in [0, 0.05) is 28.2 Å². The first kappa shape index (κ1) is 16.4. The van der Waals surface area contributed by atoms with Gasteiger partial charge in [0.1, 0.15) is 0 Å². The van der Waals surface area contributed by atoms with Gasteiger partial charge in [-0.15, -0.1) is 0 Å². The molecule has 2 unspecified atom stereocenters. The molecule has 21 heavy (non-hydrogen) atoms. The molecule has 0 bridgehead atoms. The molecule has 2 atom stereocenters. The maximum absolute atomic E-state index is 11.1. The van der Waals surface area contributed by atoms with E-state index in [0.717, 1.165) is 23.7 Å². The molecule has 6 heteroatoms. The van der Waals surface area contributed by atoms with Crippen molar-refractivity contribution in [1.29, 1.82) is 0 Å². The summed E-state index contributed by atoms with van der Waals surface area (Å²) in [5.74, 6) is 0.566. The number of hydrogen-bond acceptors (Lipinski definition) is 4. The molecule has 0 heterocycles. The van der Waals surface area contributed by atoms with Crippen molar-refractivity contribution in [2.75, 3.05) is 6.61 Å². The minimum atomic E-state index is -0.363. The number of nitrogens with zero attached hydrogens (tertiary/aromatic N) is 1. The fraction of sp³-hybridized carbons (Fsp3) is 0.600. The van der Waals surface area contributed by atoms with Crippen LogP contribution in [0.1, 0.15) is 38.2 Å². The maximum atomic E-state index is 11.1. The van der Waals surface area contributed by atoms with E-state index in [4.69, 9.17) is 0 Å². The summed E-state index contributed by atoms with van der Waals surface area (Å²) in [6, 6.07) is 4.95. The number of aliphatic hydroxyl groups is 1.